The van der Waals surface area contributed by atoms with Crippen LogP contribution in [-0.4, -0.2) is 11.6 Å². The molecule has 1 saturated carbocycles. The average Bonchev–Trinajstić information content (AvgIpc) is 2.33. The highest BCUT2D eigenvalue weighted by atomic mass is 16.6. The van der Waals surface area contributed by atoms with Crippen LogP contribution >= 0.6 is 0 Å². The highest BCUT2D eigenvalue weighted by molar-refractivity contribution is 5.77. The fourth-order valence-electron chi connectivity index (χ4n) is 1.76. The minimum atomic E-state index is -0.345. The van der Waals surface area contributed by atoms with Crippen LogP contribution in [0.4, 0.5) is 0 Å². The largest absolute Gasteiger partial charge is 0.460 e. The van der Waals surface area contributed by atoms with Crippen LogP contribution in [0, 0.1) is 5.41 Å². The normalized spacial score (nSPS) is 21.5. The lowest BCUT2D eigenvalue weighted by Gasteiger charge is -2.27. The second-order valence-electron chi connectivity index (χ2n) is 5.27. The third kappa shape index (κ3) is 2.71. The maximum Gasteiger partial charge on any atom is 0.312 e. The zero-order valence-corrected chi connectivity index (χ0v) is 9.14. The van der Waals surface area contributed by atoms with E-state index in [0.29, 0.717) is 0 Å². The van der Waals surface area contributed by atoms with Crippen molar-refractivity contribution in [3.63, 3.8) is 0 Å². The molecule has 0 heterocycles. The van der Waals surface area contributed by atoms with Gasteiger partial charge in [0.2, 0.25) is 0 Å². The van der Waals surface area contributed by atoms with Crippen molar-refractivity contribution in [2.24, 2.45) is 5.41 Å². The Hall–Kier alpha value is -0.530. The Bertz CT molecular complexity index is 195. The van der Waals surface area contributed by atoms with E-state index >= 15 is 0 Å². The number of hydrogen-bond donors (Lipinski definition) is 0. The van der Waals surface area contributed by atoms with E-state index in [0.717, 1.165) is 25.7 Å². The van der Waals surface area contributed by atoms with Crippen molar-refractivity contribution in [1.82, 2.24) is 0 Å². The third-order valence-corrected chi connectivity index (χ3v) is 2.60. The SMILES string of the molecule is CC(C)(C)OC(=O)C1(C)CCCC1. The molecule has 0 amide bonds. The molecule has 2 heteroatoms. The van der Waals surface area contributed by atoms with Gasteiger partial charge in [-0.2, -0.15) is 0 Å². The zero-order chi connectivity index (χ0) is 10.1. The molecule has 1 fully saturated rings. The predicted octanol–water partition coefficient (Wildman–Crippen LogP) is 2.91. The van der Waals surface area contributed by atoms with Crippen molar-refractivity contribution in [2.75, 3.05) is 0 Å². The minimum Gasteiger partial charge on any atom is -0.460 e. The Labute approximate surface area is 80.7 Å². The summed E-state index contributed by atoms with van der Waals surface area (Å²) in [5, 5.41) is 0. The first-order chi connectivity index (χ1) is 5.83. The number of ether oxygens (including phenoxy) is 1. The van der Waals surface area contributed by atoms with Crippen LogP contribution in [0.2, 0.25) is 0 Å². The number of rotatable bonds is 1. The first-order valence-corrected chi connectivity index (χ1v) is 5.07. The van der Waals surface area contributed by atoms with Crippen LogP contribution in [-0.2, 0) is 9.53 Å². The molecule has 0 aromatic carbocycles. The highest BCUT2D eigenvalue weighted by Crippen LogP contribution is 2.39. The van der Waals surface area contributed by atoms with Crippen molar-refractivity contribution < 1.29 is 9.53 Å². The van der Waals surface area contributed by atoms with Gasteiger partial charge in [0, 0.05) is 0 Å². The Morgan fingerprint density at radius 2 is 1.69 bits per heavy atom. The molecule has 13 heavy (non-hydrogen) atoms. The summed E-state index contributed by atoms with van der Waals surface area (Å²) in [5.41, 5.74) is -0.546. The molecule has 0 saturated heterocycles. The van der Waals surface area contributed by atoms with Crippen LogP contribution in [0.15, 0.2) is 0 Å². The fraction of sp³-hybridized carbons (Fsp3) is 0.909. The quantitative estimate of drug-likeness (QED) is 0.586. The molecule has 0 N–H and O–H groups in total. The van der Waals surface area contributed by atoms with Crippen molar-refractivity contribution in [3.8, 4) is 0 Å². The summed E-state index contributed by atoms with van der Waals surface area (Å²) in [6.45, 7) is 7.78. The number of hydrogen-bond acceptors (Lipinski definition) is 2. The first kappa shape index (κ1) is 10.6. The zero-order valence-electron chi connectivity index (χ0n) is 9.14. The molecule has 0 aliphatic heterocycles. The number of esters is 1. The van der Waals surface area contributed by atoms with Gasteiger partial charge in [0.1, 0.15) is 5.60 Å². The smallest absolute Gasteiger partial charge is 0.312 e. The molecule has 0 unspecified atom stereocenters. The molecule has 0 spiro atoms. The molecule has 0 radical (unpaired) electrons. The summed E-state index contributed by atoms with van der Waals surface area (Å²) in [5.74, 6) is -0.0162. The van der Waals surface area contributed by atoms with E-state index in [1.165, 1.54) is 0 Å². The van der Waals surface area contributed by atoms with E-state index in [1.54, 1.807) is 0 Å². The van der Waals surface area contributed by atoms with Gasteiger partial charge in [-0.05, 0) is 40.5 Å². The second-order valence-corrected chi connectivity index (χ2v) is 5.27. The van der Waals surface area contributed by atoms with Crippen LogP contribution in [0.1, 0.15) is 53.4 Å². The topological polar surface area (TPSA) is 26.3 Å². The van der Waals surface area contributed by atoms with Gasteiger partial charge >= 0.3 is 5.97 Å². The van der Waals surface area contributed by atoms with Gasteiger partial charge in [0.25, 0.3) is 0 Å². The molecule has 0 aromatic rings. The second kappa shape index (κ2) is 3.32. The summed E-state index contributed by atoms with van der Waals surface area (Å²) < 4.78 is 5.39. The maximum atomic E-state index is 11.8. The first-order valence-electron chi connectivity index (χ1n) is 5.07. The van der Waals surface area contributed by atoms with E-state index in [1.807, 2.05) is 27.7 Å². The number of carbonyl (C=O) groups is 1. The van der Waals surface area contributed by atoms with E-state index in [9.17, 15) is 4.79 Å². The van der Waals surface area contributed by atoms with Crippen molar-refractivity contribution in [1.29, 1.82) is 0 Å². The van der Waals surface area contributed by atoms with E-state index in [2.05, 4.69) is 0 Å². The molecule has 1 aliphatic carbocycles. The maximum absolute atomic E-state index is 11.8. The van der Waals surface area contributed by atoms with E-state index < -0.39 is 0 Å². The standard InChI is InChI=1S/C11H20O2/c1-10(2,3)13-9(12)11(4)7-5-6-8-11/h5-8H2,1-4H3. The van der Waals surface area contributed by atoms with Crippen molar-refractivity contribution in [3.05, 3.63) is 0 Å². The van der Waals surface area contributed by atoms with E-state index in [-0.39, 0.29) is 17.0 Å². The van der Waals surface area contributed by atoms with Gasteiger partial charge in [0.15, 0.2) is 0 Å². The lowest BCUT2D eigenvalue weighted by molar-refractivity contribution is -0.166. The Balaban J connectivity index is 2.57. The Morgan fingerprint density at radius 1 is 1.23 bits per heavy atom. The lowest BCUT2D eigenvalue weighted by Crippen LogP contribution is -2.33. The van der Waals surface area contributed by atoms with E-state index in [4.69, 9.17) is 4.74 Å². The summed E-state index contributed by atoms with van der Waals surface area (Å²) in [4.78, 5) is 11.8. The predicted molar refractivity (Wildman–Crippen MR) is 52.4 cm³/mol. The monoisotopic (exact) mass is 184 g/mol. The van der Waals surface area contributed by atoms with Gasteiger partial charge in [-0.15, -0.1) is 0 Å². The summed E-state index contributed by atoms with van der Waals surface area (Å²) in [7, 11) is 0. The van der Waals surface area contributed by atoms with Gasteiger partial charge in [-0.25, -0.2) is 0 Å². The summed E-state index contributed by atoms with van der Waals surface area (Å²) in [6, 6.07) is 0. The molecule has 0 atom stereocenters. The molecular formula is C11H20O2. The van der Waals surface area contributed by atoms with Crippen LogP contribution in [0.5, 0.6) is 0 Å². The molecule has 1 rings (SSSR count). The van der Waals surface area contributed by atoms with Crippen molar-refractivity contribution >= 4 is 5.97 Å². The Morgan fingerprint density at radius 3 is 2.08 bits per heavy atom. The van der Waals surface area contributed by atoms with Gasteiger partial charge in [-0.1, -0.05) is 12.8 Å². The lowest BCUT2D eigenvalue weighted by atomic mass is 9.89. The molecule has 0 aromatic heterocycles. The molecule has 0 bridgehead atoms. The molecule has 76 valence electrons. The highest BCUT2D eigenvalue weighted by Gasteiger charge is 2.39. The van der Waals surface area contributed by atoms with Crippen LogP contribution < -0.4 is 0 Å². The van der Waals surface area contributed by atoms with Gasteiger partial charge < -0.3 is 4.74 Å². The van der Waals surface area contributed by atoms with Crippen LogP contribution in [0.25, 0.3) is 0 Å². The van der Waals surface area contributed by atoms with Gasteiger partial charge in [0.05, 0.1) is 5.41 Å². The Kier molecular flexibility index (Phi) is 2.69. The van der Waals surface area contributed by atoms with Crippen molar-refractivity contribution in [2.45, 2.75) is 59.0 Å². The molecule has 1 aliphatic rings. The van der Waals surface area contributed by atoms with Crippen LogP contribution in [0.3, 0.4) is 0 Å². The summed E-state index contributed by atoms with van der Waals surface area (Å²) >= 11 is 0. The third-order valence-electron chi connectivity index (χ3n) is 2.60. The summed E-state index contributed by atoms with van der Waals surface area (Å²) in [6.07, 6.45) is 4.30. The minimum absolute atomic E-state index is 0.0162. The number of carbonyl (C=O) groups excluding carboxylic acids is 1. The molecule has 2 nitrogen and oxygen atoms in total. The van der Waals surface area contributed by atoms with Gasteiger partial charge in [-0.3, -0.25) is 4.79 Å². The fourth-order valence-corrected chi connectivity index (χ4v) is 1.76. The average molecular weight is 184 g/mol. The molecular weight excluding hydrogens is 164 g/mol.